The van der Waals surface area contributed by atoms with Gasteiger partial charge in [0.25, 0.3) is 0 Å². The first-order valence-corrected chi connectivity index (χ1v) is 6.02. The normalized spacial score (nSPS) is 10.9. The summed E-state index contributed by atoms with van der Waals surface area (Å²) in [4.78, 5) is 21.1. The van der Waals surface area contributed by atoms with E-state index in [1.807, 2.05) is 6.92 Å². The third-order valence-corrected chi connectivity index (χ3v) is 2.70. The number of aliphatic carboxylic acids is 2. The number of carboxylic acids is 2. The Kier molecular flexibility index (Phi) is 21.3. The molecule has 0 heterocycles. The summed E-state index contributed by atoms with van der Waals surface area (Å²) in [6, 6.07) is 0. The van der Waals surface area contributed by atoms with Gasteiger partial charge in [-0.1, -0.05) is 32.6 Å². The quantitative estimate of drug-likeness (QED) is 0.333. The Hall–Kier alpha value is 0.940. The standard InChI is InChI=1S/C12H22O4.2Na.2H/c1-2-3-7-10(12(15)16)8-5-4-6-9-11(13)14;;;;/h10H,2-9H2,1H3,(H,13,14)(H,15,16);;;;/q;2*+1;2*-1. The Balaban J connectivity index is -0.000000187. The SMILES string of the molecule is CCCCC(CCCCCC(=O)O)C(=O)O.[H-].[H-].[Na+].[Na+]. The molecule has 18 heavy (non-hydrogen) atoms. The summed E-state index contributed by atoms with van der Waals surface area (Å²) in [5, 5.41) is 17.4. The van der Waals surface area contributed by atoms with Gasteiger partial charge in [-0.2, -0.15) is 0 Å². The summed E-state index contributed by atoms with van der Waals surface area (Å²) in [5.74, 6) is -1.74. The number of carbonyl (C=O) groups is 2. The Bertz CT molecular complexity index is 232. The molecule has 0 saturated carbocycles. The second-order valence-corrected chi connectivity index (χ2v) is 4.17. The van der Waals surface area contributed by atoms with Gasteiger partial charge in [-0.15, -0.1) is 0 Å². The van der Waals surface area contributed by atoms with Crippen molar-refractivity contribution in [3.8, 4) is 0 Å². The smallest absolute Gasteiger partial charge is 1.00 e. The first kappa shape index (κ1) is 24.0. The average molecular weight is 278 g/mol. The Morgan fingerprint density at radius 3 is 2.00 bits per heavy atom. The summed E-state index contributed by atoms with van der Waals surface area (Å²) in [6.07, 6.45) is 5.84. The number of unbranched alkanes of at least 4 members (excludes halogenated alkanes) is 3. The second-order valence-electron chi connectivity index (χ2n) is 4.17. The topological polar surface area (TPSA) is 74.6 Å². The zero-order valence-corrected chi connectivity index (χ0v) is 15.9. The molecule has 0 aliphatic rings. The van der Waals surface area contributed by atoms with E-state index in [9.17, 15) is 9.59 Å². The van der Waals surface area contributed by atoms with E-state index in [0.717, 1.165) is 32.1 Å². The first-order valence-electron chi connectivity index (χ1n) is 6.02. The molecule has 0 bridgehead atoms. The molecule has 0 saturated heterocycles. The van der Waals surface area contributed by atoms with Crippen LogP contribution in [0.1, 0.15) is 61.1 Å². The minimum atomic E-state index is -0.777. The molecular formula is C12H24Na2O4. The fraction of sp³-hybridized carbons (Fsp3) is 0.833. The largest absolute Gasteiger partial charge is 1.00 e. The van der Waals surface area contributed by atoms with Gasteiger partial charge in [0.1, 0.15) is 0 Å². The Morgan fingerprint density at radius 2 is 1.56 bits per heavy atom. The van der Waals surface area contributed by atoms with E-state index >= 15 is 0 Å². The van der Waals surface area contributed by atoms with Crippen molar-refractivity contribution >= 4 is 11.9 Å². The van der Waals surface area contributed by atoms with Crippen molar-refractivity contribution in [3.63, 3.8) is 0 Å². The van der Waals surface area contributed by atoms with Crippen molar-refractivity contribution in [1.82, 2.24) is 0 Å². The summed E-state index contributed by atoms with van der Waals surface area (Å²) in [5.41, 5.74) is 0. The summed E-state index contributed by atoms with van der Waals surface area (Å²) in [7, 11) is 0. The number of hydrogen-bond acceptors (Lipinski definition) is 2. The van der Waals surface area contributed by atoms with E-state index in [1.165, 1.54) is 0 Å². The maximum Gasteiger partial charge on any atom is 1.00 e. The molecule has 6 heteroatoms. The molecule has 0 spiro atoms. The van der Waals surface area contributed by atoms with Crippen LogP contribution in [0.3, 0.4) is 0 Å². The van der Waals surface area contributed by atoms with Crippen molar-refractivity contribution in [3.05, 3.63) is 0 Å². The molecule has 2 N–H and O–H groups in total. The van der Waals surface area contributed by atoms with Crippen molar-refractivity contribution in [2.45, 2.75) is 58.3 Å². The van der Waals surface area contributed by atoms with Crippen molar-refractivity contribution in [1.29, 1.82) is 0 Å². The van der Waals surface area contributed by atoms with Gasteiger partial charge in [0.15, 0.2) is 0 Å². The summed E-state index contributed by atoms with van der Waals surface area (Å²) in [6.45, 7) is 2.05. The Morgan fingerprint density at radius 1 is 1.00 bits per heavy atom. The molecule has 0 radical (unpaired) electrons. The minimum Gasteiger partial charge on any atom is -1.00 e. The fourth-order valence-corrected chi connectivity index (χ4v) is 1.69. The second kappa shape index (κ2) is 16.0. The zero-order valence-electron chi connectivity index (χ0n) is 13.9. The van der Waals surface area contributed by atoms with Gasteiger partial charge in [0.05, 0.1) is 5.92 Å². The fourth-order valence-electron chi connectivity index (χ4n) is 1.69. The van der Waals surface area contributed by atoms with E-state index < -0.39 is 11.9 Å². The van der Waals surface area contributed by atoms with Crippen molar-refractivity contribution in [2.24, 2.45) is 5.92 Å². The summed E-state index contributed by atoms with van der Waals surface area (Å²) >= 11 is 0. The van der Waals surface area contributed by atoms with Gasteiger partial charge in [-0.3, -0.25) is 9.59 Å². The van der Waals surface area contributed by atoms with Crippen molar-refractivity contribution < 1.29 is 81.8 Å². The molecule has 98 valence electrons. The molecule has 0 aromatic heterocycles. The third kappa shape index (κ3) is 15.0. The van der Waals surface area contributed by atoms with Crippen LogP contribution in [0.4, 0.5) is 0 Å². The van der Waals surface area contributed by atoms with Crippen LogP contribution in [0.2, 0.25) is 0 Å². The number of carboxylic acid groups (broad SMARTS) is 2. The van der Waals surface area contributed by atoms with Gasteiger partial charge in [0, 0.05) is 6.42 Å². The van der Waals surface area contributed by atoms with Crippen LogP contribution in [0.15, 0.2) is 0 Å². The molecule has 1 unspecified atom stereocenters. The van der Waals surface area contributed by atoms with Crippen LogP contribution >= 0.6 is 0 Å². The molecule has 0 aromatic rings. The molecule has 0 aliphatic heterocycles. The molecular weight excluding hydrogens is 254 g/mol. The Labute approximate surface area is 156 Å². The van der Waals surface area contributed by atoms with Crippen LogP contribution in [-0.2, 0) is 9.59 Å². The van der Waals surface area contributed by atoms with E-state index in [2.05, 4.69) is 0 Å². The summed E-state index contributed by atoms with van der Waals surface area (Å²) < 4.78 is 0. The maximum absolute atomic E-state index is 10.9. The molecule has 4 nitrogen and oxygen atoms in total. The van der Waals surface area contributed by atoms with E-state index in [4.69, 9.17) is 10.2 Å². The van der Waals surface area contributed by atoms with Gasteiger partial charge in [-0.25, -0.2) is 0 Å². The van der Waals surface area contributed by atoms with E-state index in [-0.39, 0.29) is 74.3 Å². The average Bonchev–Trinajstić information content (AvgIpc) is 2.21. The predicted octanol–water partition coefficient (Wildman–Crippen LogP) is -2.85. The van der Waals surface area contributed by atoms with Gasteiger partial charge < -0.3 is 13.1 Å². The maximum atomic E-state index is 10.9. The zero-order chi connectivity index (χ0) is 12.4. The van der Waals surface area contributed by atoms with Gasteiger partial charge >= 0.3 is 71.1 Å². The molecule has 0 fully saturated rings. The van der Waals surface area contributed by atoms with Gasteiger partial charge in [-0.05, 0) is 19.3 Å². The first-order chi connectivity index (χ1) is 7.57. The predicted molar refractivity (Wildman–Crippen MR) is 63.6 cm³/mol. The van der Waals surface area contributed by atoms with Crippen molar-refractivity contribution in [2.75, 3.05) is 0 Å². The van der Waals surface area contributed by atoms with Crippen LogP contribution in [0.25, 0.3) is 0 Å². The van der Waals surface area contributed by atoms with Crippen LogP contribution in [0.5, 0.6) is 0 Å². The molecule has 0 rings (SSSR count). The third-order valence-electron chi connectivity index (χ3n) is 2.70. The molecule has 0 aliphatic carbocycles. The van der Waals surface area contributed by atoms with E-state index in [0.29, 0.717) is 12.8 Å². The number of rotatable bonds is 10. The minimum absolute atomic E-state index is 0. The molecule has 0 amide bonds. The molecule has 1 atom stereocenters. The monoisotopic (exact) mass is 278 g/mol. The van der Waals surface area contributed by atoms with E-state index in [1.54, 1.807) is 0 Å². The van der Waals surface area contributed by atoms with Crippen LogP contribution < -0.4 is 59.1 Å². The van der Waals surface area contributed by atoms with Gasteiger partial charge in [0.2, 0.25) is 0 Å². The molecule has 0 aromatic carbocycles. The van der Waals surface area contributed by atoms with Crippen LogP contribution in [0, 0.1) is 5.92 Å². The van der Waals surface area contributed by atoms with Crippen LogP contribution in [-0.4, -0.2) is 22.2 Å². The number of hydrogen-bond donors (Lipinski definition) is 2.